The molecule has 0 bridgehead atoms. The van der Waals surface area contributed by atoms with Crippen LogP contribution in [0.3, 0.4) is 0 Å². The van der Waals surface area contributed by atoms with E-state index < -0.39 is 41.6 Å². The molecule has 0 aliphatic carbocycles. The van der Waals surface area contributed by atoms with Gasteiger partial charge in [0.25, 0.3) is 5.56 Å². The second-order valence-corrected chi connectivity index (χ2v) is 8.77. The molecule has 4 rings (SSSR count). The minimum atomic E-state index is -0.869. The Morgan fingerprint density at radius 2 is 1.57 bits per heavy atom. The van der Waals surface area contributed by atoms with Crippen LogP contribution < -0.4 is 11.2 Å². The second-order valence-electron chi connectivity index (χ2n) is 7.90. The monoisotopic (exact) mass is 518 g/mol. The van der Waals surface area contributed by atoms with Crippen molar-refractivity contribution in [3.8, 4) is 0 Å². The fraction of sp³-hybridized carbons (Fsp3) is 0.250. The van der Waals surface area contributed by atoms with Gasteiger partial charge in [0.1, 0.15) is 25.0 Å². The van der Waals surface area contributed by atoms with Crippen molar-refractivity contribution in [2.24, 2.45) is 0 Å². The Balaban J connectivity index is 1.53. The third kappa shape index (κ3) is 5.82. The van der Waals surface area contributed by atoms with Crippen molar-refractivity contribution in [2.45, 2.75) is 31.8 Å². The van der Waals surface area contributed by atoms with Crippen LogP contribution in [0.15, 0.2) is 64.3 Å². The number of rotatable bonds is 6. The third-order valence-electron chi connectivity index (χ3n) is 5.43. The Morgan fingerprint density at radius 1 is 1.00 bits per heavy atom. The predicted octanol–water partition coefficient (Wildman–Crippen LogP) is 3.52. The Morgan fingerprint density at radius 3 is 2.17 bits per heavy atom. The van der Waals surface area contributed by atoms with Crippen LogP contribution in [-0.2, 0) is 14.2 Å². The van der Waals surface area contributed by atoms with Gasteiger partial charge in [0, 0.05) is 28.2 Å². The molecular formula is C24H20Cl2N2O7. The van der Waals surface area contributed by atoms with Gasteiger partial charge in [-0.25, -0.2) is 14.4 Å². The molecule has 0 spiro atoms. The molecule has 1 fully saturated rings. The van der Waals surface area contributed by atoms with Crippen molar-refractivity contribution in [2.75, 3.05) is 6.61 Å². The van der Waals surface area contributed by atoms with Crippen LogP contribution in [0.4, 0.5) is 0 Å². The van der Waals surface area contributed by atoms with Crippen LogP contribution in [0.2, 0.25) is 10.0 Å². The smallest absolute Gasteiger partial charge is 0.338 e. The normalized spacial score (nSPS) is 19.3. The van der Waals surface area contributed by atoms with Gasteiger partial charge < -0.3 is 14.2 Å². The largest absolute Gasteiger partial charge is 0.459 e. The number of carbonyl (C=O) groups excluding carboxylic acids is 2. The van der Waals surface area contributed by atoms with Crippen LogP contribution in [0, 0.1) is 6.92 Å². The number of hydrogen-bond donors (Lipinski definition) is 1. The van der Waals surface area contributed by atoms with Crippen molar-refractivity contribution in [1.82, 2.24) is 9.55 Å². The standard InChI is InChI=1S/C24H20Cl2N2O7/c1-13-11-28(24(32)27-21(13)29)20-10-18(35-23(31)15-4-8-17(26)9-5-15)19(34-20)12-33-22(30)14-2-6-16(25)7-3-14/h2-9,11,18-20H,10,12H2,1H3,(H,27,29,32). The summed E-state index contributed by atoms with van der Waals surface area (Å²) in [5.74, 6) is -1.25. The number of H-pyrrole nitrogens is 1. The number of halogens is 2. The number of esters is 2. The number of nitrogens with one attached hydrogen (secondary N) is 1. The molecule has 3 unspecified atom stereocenters. The highest BCUT2D eigenvalue weighted by Gasteiger charge is 2.40. The van der Waals surface area contributed by atoms with Gasteiger partial charge in [-0.1, -0.05) is 23.2 Å². The van der Waals surface area contributed by atoms with E-state index in [1.807, 2.05) is 0 Å². The first-order valence-electron chi connectivity index (χ1n) is 10.6. The maximum absolute atomic E-state index is 12.7. The van der Waals surface area contributed by atoms with E-state index in [1.54, 1.807) is 31.2 Å². The Kier molecular flexibility index (Phi) is 7.39. The highest BCUT2D eigenvalue weighted by Crippen LogP contribution is 2.31. The molecule has 35 heavy (non-hydrogen) atoms. The van der Waals surface area contributed by atoms with Crippen molar-refractivity contribution >= 4 is 35.1 Å². The zero-order valence-electron chi connectivity index (χ0n) is 18.4. The first kappa shape index (κ1) is 24.7. The molecule has 9 nitrogen and oxygen atoms in total. The topological polar surface area (TPSA) is 117 Å². The van der Waals surface area contributed by atoms with E-state index in [9.17, 15) is 19.2 Å². The number of ether oxygens (including phenoxy) is 3. The number of aromatic amines is 1. The van der Waals surface area contributed by atoms with E-state index in [0.29, 0.717) is 15.6 Å². The van der Waals surface area contributed by atoms with E-state index >= 15 is 0 Å². The predicted molar refractivity (Wildman–Crippen MR) is 127 cm³/mol. The summed E-state index contributed by atoms with van der Waals surface area (Å²) in [5, 5.41) is 0.935. The molecule has 0 radical (unpaired) electrons. The van der Waals surface area contributed by atoms with Crippen LogP contribution in [-0.4, -0.2) is 40.3 Å². The third-order valence-corrected chi connectivity index (χ3v) is 5.94. The average Bonchev–Trinajstić information content (AvgIpc) is 3.22. The van der Waals surface area contributed by atoms with Gasteiger partial charge in [-0.3, -0.25) is 14.3 Å². The zero-order chi connectivity index (χ0) is 25.1. The number of aromatic nitrogens is 2. The van der Waals surface area contributed by atoms with Crippen molar-refractivity contribution < 1.29 is 23.8 Å². The fourth-order valence-electron chi connectivity index (χ4n) is 3.56. The molecule has 0 amide bonds. The molecule has 2 heterocycles. The fourth-order valence-corrected chi connectivity index (χ4v) is 3.82. The lowest BCUT2D eigenvalue weighted by Crippen LogP contribution is -2.33. The van der Waals surface area contributed by atoms with Crippen LogP contribution in [0.1, 0.15) is 38.9 Å². The molecule has 1 N–H and O–H groups in total. The van der Waals surface area contributed by atoms with Gasteiger partial charge in [0.2, 0.25) is 0 Å². The van der Waals surface area contributed by atoms with E-state index in [0.717, 1.165) is 0 Å². The van der Waals surface area contributed by atoms with Gasteiger partial charge in [-0.15, -0.1) is 0 Å². The van der Waals surface area contributed by atoms with Gasteiger partial charge in [-0.05, 0) is 55.5 Å². The number of nitrogens with zero attached hydrogens (tertiary/aromatic N) is 1. The molecule has 2 aromatic carbocycles. The minimum absolute atomic E-state index is 0.0912. The van der Waals surface area contributed by atoms with Crippen LogP contribution in [0.25, 0.3) is 0 Å². The van der Waals surface area contributed by atoms with Crippen molar-refractivity contribution in [3.05, 3.63) is 102 Å². The Bertz CT molecular complexity index is 1350. The number of aryl methyl sites for hydroxylation is 1. The highest BCUT2D eigenvalue weighted by atomic mass is 35.5. The van der Waals surface area contributed by atoms with Crippen molar-refractivity contribution in [1.29, 1.82) is 0 Å². The Labute approximate surface area is 209 Å². The maximum Gasteiger partial charge on any atom is 0.338 e. The van der Waals surface area contributed by atoms with Gasteiger partial charge >= 0.3 is 17.6 Å². The molecule has 11 heteroatoms. The lowest BCUT2D eigenvalue weighted by atomic mass is 10.1. The molecular weight excluding hydrogens is 499 g/mol. The molecule has 1 saturated heterocycles. The molecule has 3 aromatic rings. The van der Waals surface area contributed by atoms with Crippen LogP contribution >= 0.6 is 23.2 Å². The van der Waals surface area contributed by atoms with E-state index in [-0.39, 0.29) is 24.2 Å². The summed E-state index contributed by atoms with van der Waals surface area (Å²) in [7, 11) is 0. The highest BCUT2D eigenvalue weighted by molar-refractivity contribution is 6.31. The summed E-state index contributed by atoms with van der Waals surface area (Å²) in [6, 6.07) is 12.3. The van der Waals surface area contributed by atoms with E-state index in [1.165, 1.54) is 35.0 Å². The summed E-state index contributed by atoms with van der Waals surface area (Å²) in [6.07, 6.45) is -1.12. The molecule has 1 aliphatic heterocycles. The Hall–Kier alpha value is -3.40. The van der Waals surface area contributed by atoms with Gasteiger partial charge in [0.05, 0.1) is 11.1 Å². The molecule has 3 atom stereocenters. The summed E-state index contributed by atoms with van der Waals surface area (Å²) >= 11 is 11.7. The summed E-state index contributed by atoms with van der Waals surface area (Å²) < 4.78 is 18.2. The summed E-state index contributed by atoms with van der Waals surface area (Å²) in [6.45, 7) is 1.31. The lowest BCUT2D eigenvalue weighted by Gasteiger charge is -2.19. The molecule has 1 aliphatic rings. The lowest BCUT2D eigenvalue weighted by molar-refractivity contribution is -0.0582. The molecule has 182 valence electrons. The first-order valence-corrected chi connectivity index (χ1v) is 11.3. The molecule has 1 aromatic heterocycles. The first-order chi connectivity index (χ1) is 16.7. The minimum Gasteiger partial charge on any atom is -0.459 e. The second kappa shape index (κ2) is 10.5. The summed E-state index contributed by atoms with van der Waals surface area (Å²) in [5.41, 5.74) is -0.325. The van der Waals surface area contributed by atoms with Crippen LogP contribution in [0.5, 0.6) is 0 Å². The van der Waals surface area contributed by atoms with E-state index in [4.69, 9.17) is 37.4 Å². The number of benzene rings is 2. The van der Waals surface area contributed by atoms with Gasteiger partial charge in [0.15, 0.2) is 0 Å². The molecule has 0 saturated carbocycles. The van der Waals surface area contributed by atoms with E-state index in [2.05, 4.69) is 4.98 Å². The van der Waals surface area contributed by atoms with Crippen molar-refractivity contribution in [3.63, 3.8) is 0 Å². The maximum atomic E-state index is 12.7. The number of hydrogen-bond acceptors (Lipinski definition) is 7. The van der Waals surface area contributed by atoms with Gasteiger partial charge in [-0.2, -0.15) is 0 Å². The average molecular weight is 519 g/mol. The quantitative estimate of drug-likeness (QED) is 0.496. The number of carbonyl (C=O) groups is 2. The summed E-state index contributed by atoms with van der Waals surface area (Å²) in [4.78, 5) is 51.5. The zero-order valence-corrected chi connectivity index (χ0v) is 19.9. The SMILES string of the molecule is Cc1cn(C2CC(OC(=O)c3ccc(Cl)cc3)C(COC(=O)c3ccc(Cl)cc3)O2)c(=O)[nH]c1=O.